The maximum Gasteiger partial charge on any atom is 0.416 e. The first-order valence-corrected chi connectivity index (χ1v) is 14.7. The van der Waals surface area contributed by atoms with Crippen LogP contribution in [0.2, 0.25) is 0 Å². The van der Waals surface area contributed by atoms with Gasteiger partial charge < -0.3 is 21.5 Å². The van der Waals surface area contributed by atoms with Crippen molar-refractivity contribution in [2.45, 2.75) is 68.9 Å². The minimum absolute atomic E-state index is 0.0953. The summed E-state index contributed by atoms with van der Waals surface area (Å²) in [5.41, 5.74) is 6.88. The minimum Gasteiger partial charge on any atom is -0.666 e. The second kappa shape index (κ2) is 12.9. The second-order valence-corrected chi connectivity index (χ2v) is 12.5. The topological polar surface area (TPSA) is 119 Å². The van der Waals surface area contributed by atoms with E-state index >= 15 is 0 Å². The number of alkyl halides is 3. The fourth-order valence-electron chi connectivity index (χ4n) is 4.45. The Morgan fingerprint density at radius 2 is 1.77 bits per heavy atom. The van der Waals surface area contributed by atoms with Crippen LogP contribution in [0.25, 0.3) is 5.73 Å². The first kappa shape index (κ1) is 31.9. The van der Waals surface area contributed by atoms with Gasteiger partial charge in [0.25, 0.3) is 0 Å². The molecule has 13 heteroatoms. The molecule has 0 spiro atoms. The van der Waals surface area contributed by atoms with Crippen molar-refractivity contribution in [2.75, 3.05) is 18.1 Å². The third-order valence-corrected chi connectivity index (χ3v) is 8.61. The van der Waals surface area contributed by atoms with Gasteiger partial charge >= 0.3 is 6.18 Å². The van der Waals surface area contributed by atoms with E-state index in [1.807, 2.05) is 0 Å². The largest absolute Gasteiger partial charge is 0.666 e. The number of unbranched alkanes of at least 4 members (excludes halogenated alkanes) is 1. The average molecular weight is 591 g/mol. The van der Waals surface area contributed by atoms with Crippen LogP contribution >= 0.6 is 0 Å². The number of nitrogens with one attached hydrogen (secondary N) is 3. The van der Waals surface area contributed by atoms with Gasteiger partial charge in [-0.1, -0.05) is 25.5 Å². The number of carbonyl (C=O) groups excluding carboxylic acids is 1. The van der Waals surface area contributed by atoms with Crippen LogP contribution in [0.15, 0.2) is 42.5 Å². The summed E-state index contributed by atoms with van der Waals surface area (Å²) >= 11 is 0. The summed E-state index contributed by atoms with van der Waals surface area (Å²) in [5, 5.41) is 16.5. The van der Waals surface area contributed by atoms with Crippen molar-refractivity contribution in [2.24, 2.45) is 0 Å². The lowest BCUT2D eigenvalue weighted by atomic mass is 9.98. The Balaban J connectivity index is 1.75. The third kappa shape index (κ3) is 8.95. The highest BCUT2D eigenvalue weighted by molar-refractivity contribution is 7.91. The molecule has 1 amide bonds. The number of aliphatic hydroxyl groups excluding tert-OH is 1. The molecule has 3 unspecified atom stereocenters. The van der Waals surface area contributed by atoms with Gasteiger partial charge in [-0.3, -0.25) is 4.79 Å². The highest BCUT2D eigenvalue weighted by Crippen LogP contribution is 2.46. The molecule has 40 heavy (non-hydrogen) atoms. The van der Waals surface area contributed by atoms with Crippen LogP contribution in [0.5, 0.6) is 0 Å². The number of benzene rings is 2. The molecule has 1 aliphatic carbocycles. The van der Waals surface area contributed by atoms with E-state index in [9.17, 15) is 40.3 Å². The Hall–Kier alpha value is -2.61. The van der Waals surface area contributed by atoms with Crippen LogP contribution < -0.4 is 10.6 Å². The van der Waals surface area contributed by atoms with E-state index in [0.29, 0.717) is 37.3 Å². The van der Waals surface area contributed by atoms with Gasteiger partial charge in [-0.25, -0.2) is 17.2 Å². The van der Waals surface area contributed by atoms with Crippen LogP contribution in [0.4, 0.5) is 22.0 Å². The molecule has 0 aliphatic heterocycles. The molecule has 3 atom stereocenters. The standard InChI is InChI=1S/C27H33F5N3O4S/c1-2-3-9-40(38,39)16-22(33)25(37)35-23(12-17-10-20(28)14-21(29)11-17)24(36)15-34-26(7-8-26)18-5-4-6-19(13-18)27(30,31)32/h4-6,10-11,13-14,22-24,33-34,36H,2-3,7-9,12,15-16H2,1H3,(H,35,37)/q-1. The molecule has 222 valence electrons. The summed E-state index contributed by atoms with van der Waals surface area (Å²) in [4.78, 5) is 12.8. The maximum absolute atomic E-state index is 13.8. The van der Waals surface area contributed by atoms with E-state index in [-0.39, 0.29) is 24.3 Å². The first-order valence-electron chi connectivity index (χ1n) is 12.9. The zero-order valence-corrected chi connectivity index (χ0v) is 22.7. The lowest BCUT2D eigenvalue weighted by Gasteiger charge is -2.30. The molecular weight excluding hydrogens is 557 g/mol. The molecule has 4 N–H and O–H groups in total. The van der Waals surface area contributed by atoms with Gasteiger partial charge in [0.1, 0.15) is 21.5 Å². The molecule has 2 aromatic rings. The van der Waals surface area contributed by atoms with E-state index in [1.54, 1.807) is 13.0 Å². The number of amides is 1. The Labute approximate surface area is 230 Å². The summed E-state index contributed by atoms with van der Waals surface area (Å²) in [6.07, 6.45) is -4.20. The smallest absolute Gasteiger partial charge is 0.416 e. The van der Waals surface area contributed by atoms with Gasteiger partial charge in [0.15, 0.2) is 0 Å². The fourth-order valence-corrected chi connectivity index (χ4v) is 6.01. The van der Waals surface area contributed by atoms with E-state index in [0.717, 1.165) is 24.3 Å². The molecule has 0 heterocycles. The normalized spacial score (nSPS) is 17.2. The lowest BCUT2D eigenvalue weighted by Crippen LogP contribution is -2.52. The van der Waals surface area contributed by atoms with Gasteiger partial charge in [-0.05, 0) is 67.1 Å². The summed E-state index contributed by atoms with van der Waals surface area (Å²) in [7, 11) is -3.68. The van der Waals surface area contributed by atoms with Gasteiger partial charge in [0.05, 0.1) is 23.5 Å². The van der Waals surface area contributed by atoms with Crippen molar-refractivity contribution >= 4 is 15.7 Å². The lowest BCUT2D eigenvalue weighted by molar-refractivity contribution is -0.137. The highest BCUT2D eigenvalue weighted by Gasteiger charge is 2.45. The van der Waals surface area contributed by atoms with E-state index in [1.165, 1.54) is 6.07 Å². The van der Waals surface area contributed by atoms with Crippen molar-refractivity contribution < 1.29 is 40.3 Å². The van der Waals surface area contributed by atoms with Gasteiger partial charge in [-0.2, -0.15) is 13.2 Å². The highest BCUT2D eigenvalue weighted by atomic mass is 32.2. The maximum atomic E-state index is 13.8. The number of rotatable bonds is 14. The summed E-state index contributed by atoms with van der Waals surface area (Å²) in [6, 6.07) is 4.62. The summed E-state index contributed by atoms with van der Waals surface area (Å²) in [6.45, 7) is 1.59. The number of hydrogen-bond donors (Lipinski definition) is 3. The van der Waals surface area contributed by atoms with E-state index < -0.39 is 68.6 Å². The molecule has 2 aromatic carbocycles. The molecule has 0 bridgehead atoms. The Morgan fingerprint density at radius 1 is 1.12 bits per heavy atom. The predicted octanol–water partition coefficient (Wildman–Crippen LogP) is 4.29. The molecule has 1 saturated carbocycles. The van der Waals surface area contributed by atoms with E-state index in [2.05, 4.69) is 10.6 Å². The van der Waals surface area contributed by atoms with Crippen LogP contribution in [0.3, 0.4) is 0 Å². The zero-order chi connectivity index (χ0) is 29.7. The van der Waals surface area contributed by atoms with Crippen molar-refractivity contribution in [1.29, 1.82) is 0 Å². The SMILES string of the molecule is CCCCS(=O)(=O)CC([NH-])C(=O)NC(Cc1cc(F)cc(F)c1)C(O)CNC1(c2cccc(C(F)(F)F)c2)CC1. The summed E-state index contributed by atoms with van der Waals surface area (Å²) in [5.74, 6) is -3.65. The number of sulfone groups is 1. The van der Waals surface area contributed by atoms with Gasteiger partial charge in [0, 0.05) is 23.9 Å². The number of aliphatic hydroxyl groups is 1. The molecule has 1 aliphatic rings. The predicted molar refractivity (Wildman–Crippen MR) is 140 cm³/mol. The quantitative estimate of drug-likeness (QED) is 0.284. The average Bonchev–Trinajstić information content (AvgIpc) is 3.65. The van der Waals surface area contributed by atoms with Crippen LogP contribution in [-0.4, -0.2) is 55.7 Å². The van der Waals surface area contributed by atoms with Crippen LogP contribution in [-0.2, 0) is 32.8 Å². The molecule has 0 aromatic heterocycles. The fraction of sp³-hybridized carbons (Fsp3) is 0.519. The first-order chi connectivity index (χ1) is 18.6. The Morgan fingerprint density at radius 3 is 2.35 bits per heavy atom. The Bertz CT molecular complexity index is 1260. The van der Waals surface area contributed by atoms with Crippen molar-refractivity contribution in [3.63, 3.8) is 0 Å². The minimum atomic E-state index is -4.53. The van der Waals surface area contributed by atoms with Crippen LogP contribution in [0, 0.1) is 11.6 Å². The molecule has 3 rings (SSSR count). The zero-order valence-electron chi connectivity index (χ0n) is 21.9. The molecule has 0 saturated heterocycles. The number of carbonyl (C=O) groups is 1. The molecular formula is C27H33F5N3O4S-. The number of halogens is 5. The molecule has 7 nitrogen and oxygen atoms in total. The monoisotopic (exact) mass is 590 g/mol. The van der Waals surface area contributed by atoms with Crippen molar-refractivity contribution in [1.82, 2.24) is 10.6 Å². The second-order valence-electron chi connectivity index (χ2n) is 10.2. The number of hydrogen-bond acceptors (Lipinski definition) is 5. The molecule has 0 radical (unpaired) electrons. The van der Waals surface area contributed by atoms with E-state index in [4.69, 9.17) is 5.73 Å². The van der Waals surface area contributed by atoms with Gasteiger partial charge in [-0.15, -0.1) is 0 Å². The molecule has 1 fully saturated rings. The van der Waals surface area contributed by atoms with Gasteiger partial charge in [0.2, 0.25) is 5.91 Å². The van der Waals surface area contributed by atoms with Crippen molar-refractivity contribution in [3.05, 3.63) is 76.5 Å². The Kier molecular flexibility index (Phi) is 10.3. The van der Waals surface area contributed by atoms with Crippen LogP contribution in [0.1, 0.15) is 49.3 Å². The van der Waals surface area contributed by atoms with Crippen molar-refractivity contribution in [3.8, 4) is 0 Å². The summed E-state index contributed by atoms with van der Waals surface area (Å²) < 4.78 is 91.6. The third-order valence-electron chi connectivity index (χ3n) is 6.86.